The van der Waals surface area contributed by atoms with Crippen molar-refractivity contribution in [3.05, 3.63) is 58.7 Å². The molecular formula is C21H24N2O3. The summed E-state index contributed by atoms with van der Waals surface area (Å²) in [5.74, 6) is 0.602. The third-order valence-corrected chi connectivity index (χ3v) is 5.40. The minimum Gasteiger partial charge on any atom is -0.497 e. The maximum atomic E-state index is 12.4. The van der Waals surface area contributed by atoms with Gasteiger partial charge >= 0.3 is 5.97 Å². The average Bonchev–Trinajstić information content (AvgIpc) is 3.20. The van der Waals surface area contributed by atoms with E-state index < -0.39 is 0 Å². The summed E-state index contributed by atoms with van der Waals surface area (Å²) in [6.45, 7) is 3.82. The first kappa shape index (κ1) is 16.9. The molecule has 2 aliphatic rings. The van der Waals surface area contributed by atoms with Crippen LogP contribution in [0.1, 0.15) is 39.6 Å². The Morgan fingerprint density at radius 3 is 2.81 bits per heavy atom. The molecule has 4 rings (SSSR count). The molecule has 0 aromatic heterocycles. The molecular weight excluding hydrogens is 328 g/mol. The zero-order valence-corrected chi connectivity index (χ0v) is 15.2. The van der Waals surface area contributed by atoms with Crippen LogP contribution in [-0.2, 0) is 11.2 Å². The van der Waals surface area contributed by atoms with E-state index in [2.05, 4.69) is 17.9 Å². The van der Waals surface area contributed by atoms with E-state index in [-0.39, 0.29) is 18.1 Å². The van der Waals surface area contributed by atoms with Crippen LogP contribution in [0.15, 0.2) is 36.4 Å². The lowest BCUT2D eigenvalue weighted by molar-refractivity contribution is 0.0386. The Morgan fingerprint density at radius 1 is 1.27 bits per heavy atom. The van der Waals surface area contributed by atoms with E-state index in [0.29, 0.717) is 12.0 Å². The number of esters is 1. The third-order valence-electron chi connectivity index (χ3n) is 5.40. The van der Waals surface area contributed by atoms with Crippen LogP contribution in [0, 0.1) is 6.92 Å². The number of carbonyl (C=O) groups excluding carboxylic acids is 1. The molecule has 0 bridgehead atoms. The fourth-order valence-corrected chi connectivity index (χ4v) is 3.85. The summed E-state index contributed by atoms with van der Waals surface area (Å²) < 4.78 is 10.9. The summed E-state index contributed by atoms with van der Waals surface area (Å²) in [6.07, 6.45) is 1.42. The molecule has 5 nitrogen and oxygen atoms in total. The second-order valence-corrected chi connectivity index (χ2v) is 7.16. The smallest absolute Gasteiger partial charge is 0.339 e. The van der Waals surface area contributed by atoms with E-state index in [1.807, 2.05) is 30.3 Å². The predicted octanol–water partition coefficient (Wildman–Crippen LogP) is 3.00. The number of cyclic esters (lactones) is 1. The Labute approximate surface area is 153 Å². The van der Waals surface area contributed by atoms with Crippen LogP contribution >= 0.6 is 0 Å². The average molecular weight is 352 g/mol. The lowest BCUT2D eigenvalue weighted by atomic mass is 9.96. The van der Waals surface area contributed by atoms with Gasteiger partial charge in [0.2, 0.25) is 0 Å². The molecule has 0 radical (unpaired) electrons. The summed E-state index contributed by atoms with van der Waals surface area (Å²) >= 11 is 0. The lowest BCUT2D eigenvalue weighted by Gasteiger charge is -2.19. The molecule has 0 aliphatic carbocycles. The molecule has 2 aromatic carbocycles. The number of hydrogen-bond acceptors (Lipinski definition) is 5. The topological polar surface area (TPSA) is 64.8 Å². The van der Waals surface area contributed by atoms with Gasteiger partial charge in [-0.15, -0.1) is 0 Å². The van der Waals surface area contributed by atoms with Gasteiger partial charge in [0.25, 0.3) is 0 Å². The minimum absolute atomic E-state index is 0.209. The van der Waals surface area contributed by atoms with E-state index in [1.165, 1.54) is 0 Å². The monoisotopic (exact) mass is 352 g/mol. The summed E-state index contributed by atoms with van der Waals surface area (Å²) in [5, 5.41) is 0. The number of rotatable bonds is 4. The first-order valence-corrected chi connectivity index (χ1v) is 9.04. The number of carbonyl (C=O) groups is 1. The van der Waals surface area contributed by atoms with Gasteiger partial charge < -0.3 is 20.1 Å². The fourth-order valence-electron chi connectivity index (χ4n) is 3.85. The van der Waals surface area contributed by atoms with Crippen LogP contribution in [0.4, 0.5) is 5.69 Å². The van der Waals surface area contributed by atoms with E-state index in [0.717, 1.165) is 47.6 Å². The number of aryl methyl sites for hydroxylation is 1. The van der Waals surface area contributed by atoms with E-state index in [9.17, 15) is 4.79 Å². The molecule has 2 aromatic rings. The van der Waals surface area contributed by atoms with Gasteiger partial charge in [0.05, 0.1) is 12.7 Å². The highest BCUT2D eigenvalue weighted by atomic mass is 16.5. The molecule has 0 saturated carbocycles. The molecule has 1 saturated heterocycles. The maximum Gasteiger partial charge on any atom is 0.339 e. The van der Waals surface area contributed by atoms with Crippen molar-refractivity contribution in [3.8, 4) is 5.75 Å². The van der Waals surface area contributed by atoms with Crippen molar-refractivity contribution in [2.45, 2.75) is 31.9 Å². The van der Waals surface area contributed by atoms with E-state index >= 15 is 0 Å². The number of nitrogens with two attached hydrogens (primary N) is 1. The Bertz CT molecular complexity index is 849. The highest BCUT2D eigenvalue weighted by molar-refractivity contribution is 5.95. The van der Waals surface area contributed by atoms with Gasteiger partial charge in [-0.3, -0.25) is 0 Å². The maximum absolute atomic E-state index is 12.4. The molecule has 2 heterocycles. The quantitative estimate of drug-likeness (QED) is 0.857. The molecule has 26 heavy (non-hydrogen) atoms. The van der Waals surface area contributed by atoms with Crippen molar-refractivity contribution in [1.82, 2.24) is 0 Å². The van der Waals surface area contributed by atoms with Crippen molar-refractivity contribution in [3.63, 3.8) is 0 Å². The normalized spacial score (nSPS) is 21.7. The van der Waals surface area contributed by atoms with Crippen molar-refractivity contribution in [1.29, 1.82) is 0 Å². The molecule has 0 amide bonds. The Balaban J connectivity index is 1.57. The van der Waals surface area contributed by atoms with Crippen LogP contribution in [0.5, 0.6) is 5.75 Å². The highest BCUT2D eigenvalue weighted by Crippen LogP contribution is 2.36. The minimum atomic E-state index is -0.237. The number of ether oxygens (including phenoxy) is 2. The van der Waals surface area contributed by atoms with Crippen LogP contribution in [0.2, 0.25) is 0 Å². The van der Waals surface area contributed by atoms with Gasteiger partial charge in [-0.2, -0.15) is 0 Å². The van der Waals surface area contributed by atoms with Crippen molar-refractivity contribution in [2.75, 3.05) is 25.1 Å². The largest absolute Gasteiger partial charge is 0.497 e. The number of benzene rings is 2. The van der Waals surface area contributed by atoms with E-state index in [1.54, 1.807) is 7.11 Å². The molecule has 5 heteroatoms. The van der Waals surface area contributed by atoms with Crippen LogP contribution in [-0.4, -0.2) is 32.2 Å². The molecule has 136 valence electrons. The molecule has 0 spiro atoms. The van der Waals surface area contributed by atoms with Crippen LogP contribution in [0.25, 0.3) is 0 Å². The molecule has 2 N–H and O–H groups in total. The zero-order valence-electron chi connectivity index (χ0n) is 15.2. The molecule has 2 atom stereocenters. The first-order valence-electron chi connectivity index (χ1n) is 9.04. The first-order chi connectivity index (χ1) is 12.5. The van der Waals surface area contributed by atoms with Gasteiger partial charge in [-0.1, -0.05) is 12.1 Å². The van der Waals surface area contributed by atoms with Crippen molar-refractivity contribution in [2.24, 2.45) is 5.73 Å². The number of nitrogens with zero attached hydrogens (tertiary/aromatic N) is 1. The summed E-state index contributed by atoms with van der Waals surface area (Å²) in [4.78, 5) is 14.6. The number of methoxy groups -OCH3 is 1. The Kier molecular flexibility index (Phi) is 4.32. The number of fused-ring (bicyclic) bond motifs is 1. The number of anilines is 1. The second-order valence-electron chi connectivity index (χ2n) is 7.16. The lowest BCUT2D eigenvalue weighted by Crippen LogP contribution is -2.26. The Morgan fingerprint density at radius 2 is 2.12 bits per heavy atom. The van der Waals surface area contributed by atoms with Gasteiger partial charge in [0.1, 0.15) is 11.9 Å². The van der Waals surface area contributed by atoms with E-state index in [4.69, 9.17) is 15.2 Å². The Hall–Kier alpha value is -2.53. The standard InChI is InChI=1S/C21H24N2O3/c1-13-9-17(25-2)5-3-14(13)10-20-18-6-4-16(11-19(18)21(24)26-20)23-8-7-15(22)12-23/h3-6,9,11,15,20H,7-8,10,12,22H2,1-2H3/t15-,20?/m1/s1. The fraction of sp³-hybridized carbons (Fsp3) is 0.381. The van der Waals surface area contributed by atoms with Gasteiger partial charge in [-0.05, 0) is 48.7 Å². The molecule has 1 unspecified atom stereocenters. The SMILES string of the molecule is COc1ccc(CC2OC(=O)c3cc(N4CC[C@@H](N)C4)ccc32)c(C)c1. The van der Waals surface area contributed by atoms with Crippen molar-refractivity contribution < 1.29 is 14.3 Å². The highest BCUT2D eigenvalue weighted by Gasteiger charge is 2.32. The molecule has 2 aliphatic heterocycles. The number of hydrogen-bond donors (Lipinski definition) is 1. The summed E-state index contributed by atoms with van der Waals surface area (Å²) in [7, 11) is 1.66. The zero-order chi connectivity index (χ0) is 18.3. The van der Waals surface area contributed by atoms with Gasteiger partial charge in [0.15, 0.2) is 0 Å². The van der Waals surface area contributed by atoms with Crippen LogP contribution < -0.4 is 15.4 Å². The second kappa shape index (κ2) is 6.65. The molecule has 1 fully saturated rings. The summed E-state index contributed by atoms with van der Waals surface area (Å²) in [5.41, 5.74) is 11.0. The van der Waals surface area contributed by atoms with Crippen molar-refractivity contribution >= 4 is 11.7 Å². The third kappa shape index (κ3) is 3.03. The predicted molar refractivity (Wildman–Crippen MR) is 101 cm³/mol. The van der Waals surface area contributed by atoms with Crippen LogP contribution in [0.3, 0.4) is 0 Å². The van der Waals surface area contributed by atoms with Gasteiger partial charge in [-0.25, -0.2) is 4.79 Å². The van der Waals surface area contributed by atoms with Gasteiger partial charge in [0, 0.05) is 36.8 Å². The summed E-state index contributed by atoms with van der Waals surface area (Å²) in [6, 6.07) is 12.3.